The quantitative estimate of drug-likeness (QED) is 0.743. The van der Waals surface area contributed by atoms with Gasteiger partial charge in [-0.2, -0.15) is 0 Å². The maximum Gasteiger partial charge on any atom is 0.139 e. The van der Waals surface area contributed by atoms with Crippen LogP contribution in [-0.2, 0) is 11.2 Å². The van der Waals surface area contributed by atoms with Gasteiger partial charge in [0.1, 0.15) is 5.78 Å². The van der Waals surface area contributed by atoms with Crippen LogP contribution in [0.15, 0.2) is 24.4 Å². The molecule has 0 saturated heterocycles. The monoisotopic (exact) mass is 229 g/mol. The zero-order valence-corrected chi connectivity index (χ0v) is 10.8. The fourth-order valence-corrected chi connectivity index (χ4v) is 1.32. The zero-order valence-electron chi connectivity index (χ0n) is 10.8. The molecule has 0 aliphatic rings. The molecule has 0 fully saturated rings. The third-order valence-corrected chi connectivity index (χ3v) is 2.10. The second-order valence-corrected chi connectivity index (χ2v) is 5.09. The van der Waals surface area contributed by atoms with E-state index in [-0.39, 0.29) is 11.2 Å². The van der Waals surface area contributed by atoms with Crippen molar-refractivity contribution >= 4 is 5.78 Å². The summed E-state index contributed by atoms with van der Waals surface area (Å²) in [7, 11) is 0. The van der Waals surface area contributed by atoms with Gasteiger partial charge in [0, 0.05) is 36.6 Å². The van der Waals surface area contributed by atoms with Crippen molar-refractivity contribution in [2.24, 2.45) is 5.41 Å². The number of ketones is 1. The van der Waals surface area contributed by atoms with Gasteiger partial charge in [-0.3, -0.25) is 9.78 Å². The van der Waals surface area contributed by atoms with Crippen LogP contribution in [0.25, 0.3) is 0 Å². The SMILES string of the molecule is CC(C)(C)C#CCCC(=O)Cc1ccccn1. The van der Waals surface area contributed by atoms with Gasteiger partial charge in [-0.15, -0.1) is 5.92 Å². The molecule has 1 aromatic rings. The van der Waals surface area contributed by atoms with E-state index >= 15 is 0 Å². The summed E-state index contributed by atoms with van der Waals surface area (Å²) in [5, 5.41) is 0. The highest BCUT2D eigenvalue weighted by Gasteiger charge is 2.05. The number of carbonyl (C=O) groups is 1. The van der Waals surface area contributed by atoms with Crippen LogP contribution < -0.4 is 0 Å². The molecule has 0 N–H and O–H groups in total. The molecule has 0 aliphatic carbocycles. The van der Waals surface area contributed by atoms with Gasteiger partial charge in [0.15, 0.2) is 0 Å². The molecule has 0 aromatic carbocycles. The first-order chi connectivity index (χ1) is 7.97. The number of hydrogen-bond donors (Lipinski definition) is 0. The minimum atomic E-state index is 0.0179. The topological polar surface area (TPSA) is 30.0 Å². The van der Waals surface area contributed by atoms with Gasteiger partial charge in [0.05, 0.1) is 0 Å². The molecule has 0 spiro atoms. The van der Waals surface area contributed by atoms with Crippen molar-refractivity contribution in [1.29, 1.82) is 0 Å². The number of rotatable bonds is 4. The fourth-order valence-electron chi connectivity index (χ4n) is 1.32. The molecule has 1 heterocycles. The Bertz CT molecular complexity index is 418. The van der Waals surface area contributed by atoms with Gasteiger partial charge in [0.2, 0.25) is 0 Å². The van der Waals surface area contributed by atoms with Gasteiger partial charge < -0.3 is 0 Å². The second-order valence-electron chi connectivity index (χ2n) is 5.09. The molecule has 2 nitrogen and oxygen atoms in total. The Morgan fingerprint density at radius 1 is 1.35 bits per heavy atom. The van der Waals surface area contributed by atoms with Gasteiger partial charge >= 0.3 is 0 Å². The molecule has 2 heteroatoms. The van der Waals surface area contributed by atoms with Gasteiger partial charge in [0.25, 0.3) is 0 Å². The Morgan fingerprint density at radius 2 is 2.12 bits per heavy atom. The molecule has 90 valence electrons. The minimum absolute atomic E-state index is 0.0179. The number of Topliss-reactive ketones (excluding diaryl/α,β-unsaturated/α-hetero) is 1. The molecule has 17 heavy (non-hydrogen) atoms. The zero-order chi connectivity index (χ0) is 12.7. The average Bonchev–Trinajstić information content (AvgIpc) is 2.25. The lowest BCUT2D eigenvalue weighted by Gasteiger charge is -2.06. The van der Waals surface area contributed by atoms with Gasteiger partial charge in [-0.25, -0.2) is 0 Å². The number of pyridine rings is 1. The van der Waals surface area contributed by atoms with Crippen molar-refractivity contribution in [1.82, 2.24) is 4.98 Å². The van der Waals surface area contributed by atoms with Crippen molar-refractivity contribution in [3.8, 4) is 11.8 Å². The van der Waals surface area contributed by atoms with Crippen molar-refractivity contribution in [2.75, 3.05) is 0 Å². The molecule has 0 unspecified atom stereocenters. The number of nitrogens with zero attached hydrogens (tertiary/aromatic N) is 1. The standard InChI is InChI=1S/C15H19NO/c1-15(2,3)10-6-4-9-14(17)12-13-8-5-7-11-16-13/h5,7-8,11H,4,9,12H2,1-3H3. The van der Waals surface area contributed by atoms with Gasteiger partial charge in [-0.1, -0.05) is 12.0 Å². The van der Waals surface area contributed by atoms with Crippen molar-refractivity contribution in [3.05, 3.63) is 30.1 Å². The van der Waals surface area contributed by atoms with E-state index < -0.39 is 0 Å². The molecule has 1 aromatic heterocycles. The fraction of sp³-hybridized carbons (Fsp3) is 0.467. The van der Waals surface area contributed by atoms with E-state index in [1.807, 2.05) is 18.2 Å². The van der Waals surface area contributed by atoms with Crippen LogP contribution in [0, 0.1) is 17.3 Å². The minimum Gasteiger partial charge on any atom is -0.299 e. The molecular weight excluding hydrogens is 210 g/mol. The highest BCUT2D eigenvalue weighted by atomic mass is 16.1. The third-order valence-electron chi connectivity index (χ3n) is 2.10. The normalized spacial score (nSPS) is 10.5. The summed E-state index contributed by atoms with van der Waals surface area (Å²) in [5.41, 5.74) is 0.852. The molecular formula is C15H19NO. The largest absolute Gasteiger partial charge is 0.299 e. The Morgan fingerprint density at radius 3 is 2.71 bits per heavy atom. The Labute approximate surface area is 103 Å². The van der Waals surface area contributed by atoms with Crippen LogP contribution in [-0.4, -0.2) is 10.8 Å². The maximum absolute atomic E-state index is 11.6. The van der Waals surface area contributed by atoms with E-state index in [1.165, 1.54) is 0 Å². The molecule has 0 aliphatic heterocycles. The van der Waals surface area contributed by atoms with E-state index in [9.17, 15) is 4.79 Å². The summed E-state index contributed by atoms with van der Waals surface area (Å²) < 4.78 is 0. The van der Waals surface area contributed by atoms with Crippen LogP contribution >= 0.6 is 0 Å². The summed E-state index contributed by atoms with van der Waals surface area (Å²) in [5.74, 6) is 6.37. The molecule has 0 bridgehead atoms. The summed E-state index contributed by atoms with van der Waals surface area (Å²) in [6.07, 6.45) is 3.28. The lowest BCUT2D eigenvalue weighted by atomic mass is 9.97. The van der Waals surface area contributed by atoms with Crippen molar-refractivity contribution < 1.29 is 4.79 Å². The lowest BCUT2D eigenvalue weighted by Crippen LogP contribution is -2.04. The first-order valence-corrected chi connectivity index (χ1v) is 5.89. The van der Waals surface area contributed by atoms with Crippen molar-refractivity contribution in [3.63, 3.8) is 0 Å². The lowest BCUT2D eigenvalue weighted by molar-refractivity contribution is -0.118. The van der Waals surface area contributed by atoms with Crippen LogP contribution in [0.2, 0.25) is 0 Å². The number of hydrogen-bond acceptors (Lipinski definition) is 2. The summed E-state index contributed by atoms with van der Waals surface area (Å²) in [6.45, 7) is 6.20. The molecule has 1 rings (SSSR count). The Hall–Kier alpha value is -1.62. The van der Waals surface area contributed by atoms with E-state index in [0.717, 1.165) is 5.69 Å². The third kappa shape index (κ3) is 6.52. The molecule has 0 amide bonds. The van der Waals surface area contributed by atoms with E-state index in [4.69, 9.17) is 0 Å². The highest BCUT2D eigenvalue weighted by Crippen LogP contribution is 2.10. The van der Waals surface area contributed by atoms with Crippen LogP contribution in [0.5, 0.6) is 0 Å². The second kappa shape index (κ2) is 6.20. The summed E-state index contributed by atoms with van der Waals surface area (Å²) in [4.78, 5) is 15.8. The predicted molar refractivity (Wildman–Crippen MR) is 69.4 cm³/mol. The smallest absolute Gasteiger partial charge is 0.139 e. The predicted octanol–water partition coefficient (Wildman–Crippen LogP) is 3.02. The first-order valence-electron chi connectivity index (χ1n) is 5.89. The summed E-state index contributed by atoms with van der Waals surface area (Å²) in [6, 6.07) is 5.62. The van der Waals surface area contributed by atoms with Crippen molar-refractivity contribution in [2.45, 2.75) is 40.0 Å². The van der Waals surface area contributed by atoms with Crippen LogP contribution in [0.4, 0.5) is 0 Å². The first kappa shape index (κ1) is 13.4. The summed E-state index contributed by atoms with van der Waals surface area (Å²) >= 11 is 0. The average molecular weight is 229 g/mol. The number of carbonyl (C=O) groups excluding carboxylic acids is 1. The Balaban J connectivity index is 2.34. The molecule has 0 atom stereocenters. The van der Waals surface area contributed by atoms with E-state index in [1.54, 1.807) is 6.20 Å². The maximum atomic E-state index is 11.6. The van der Waals surface area contributed by atoms with Crippen LogP contribution in [0.1, 0.15) is 39.3 Å². The van der Waals surface area contributed by atoms with Gasteiger partial charge in [-0.05, 0) is 32.9 Å². The molecule has 0 radical (unpaired) electrons. The van der Waals surface area contributed by atoms with E-state index in [0.29, 0.717) is 19.3 Å². The molecule has 0 saturated carbocycles. The van der Waals surface area contributed by atoms with Crippen LogP contribution in [0.3, 0.4) is 0 Å². The Kier molecular flexibility index (Phi) is 4.90. The van der Waals surface area contributed by atoms with E-state index in [2.05, 4.69) is 37.6 Å². The number of aromatic nitrogens is 1. The highest BCUT2D eigenvalue weighted by molar-refractivity contribution is 5.80.